The topological polar surface area (TPSA) is 121 Å². The van der Waals surface area contributed by atoms with Crippen LogP contribution in [0.4, 0.5) is 0 Å². The molecule has 0 aromatic rings. The molecule has 1 saturated carbocycles. The minimum absolute atomic E-state index is 0.0782. The monoisotopic (exact) mass is 500 g/mol. The molecule has 6 unspecified atom stereocenters. The van der Waals surface area contributed by atoms with Gasteiger partial charge < -0.3 is 28.8 Å². The van der Waals surface area contributed by atoms with Gasteiger partial charge in [0, 0.05) is 41.9 Å². The number of hydrogen-bond acceptors (Lipinski definition) is 9. The molecule has 5 rings (SSSR count). The fraction of sp³-hybridized carbons (Fsp3) is 0.593. The van der Waals surface area contributed by atoms with Crippen LogP contribution in [-0.2, 0) is 38.1 Å². The highest BCUT2D eigenvalue weighted by Gasteiger charge is 2.82. The number of rotatable bonds is 8. The van der Waals surface area contributed by atoms with Gasteiger partial charge in [-0.3, -0.25) is 0 Å². The number of ether oxygens (including phenoxy) is 5. The van der Waals surface area contributed by atoms with Crippen molar-refractivity contribution in [2.24, 2.45) is 10.8 Å². The molecule has 0 radical (unpaired) electrons. The van der Waals surface area contributed by atoms with Crippen LogP contribution in [0.15, 0.2) is 47.6 Å². The van der Waals surface area contributed by atoms with Crippen molar-refractivity contribution < 1.29 is 43.2 Å². The standard InChI is InChI=1S/C27H32O9/c1-17-7-9-26(15-28)20(11-17)35-21-13-19(25(26,2)27(21)16-34-27)36-23(30)6-4-3-5-22(29)32-10-8-18-12-24(31)33-14-18/h3-6,11-12,19-21,28H,7-10,13-16H2,1-2H3. The molecule has 3 heterocycles. The van der Waals surface area contributed by atoms with Crippen LogP contribution in [0.2, 0.25) is 0 Å². The average Bonchev–Trinajstić information content (AvgIpc) is 3.52. The van der Waals surface area contributed by atoms with Crippen molar-refractivity contribution in [3.05, 3.63) is 47.6 Å². The lowest BCUT2D eigenvalue weighted by Gasteiger charge is -2.58. The molecule has 6 atom stereocenters. The molecule has 194 valence electrons. The number of fused-ring (bicyclic) bond motifs is 2. The molecule has 1 spiro atoms. The van der Waals surface area contributed by atoms with Crippen molar-refractivity contribution in [3.63, 3.8) is 0 Å². The van der Waals surface area contributed by atoms with Gasteiger partial charge in [-0.25, -0.2) is 14.4 Å². The van der Waals surface area contributed by atoms with Gasteiger partial charge in [-0.05, 0) is 25.3 Å². The van der Waals surface area contributed by atoms with Crippen LogP contribution in [0.1, 0.15) is 39.5 Å². The zero-order valence-corrected chi connectivity index (χ0v) is 20.6. The lowest BCUT2D eigenvalue weighted by Crippen LogP contribution is -2.66. The molecular formula is C27H32O9. The molecule has 0 aromatic heterocycles. The molecule has 5 aliphatic rings. The predicted octanol–water partition coefficient (Wildman–Crippen LogP) is 2.09. The zero-order chi connectivity index (χ0) is 25.6. The number of allylic oxidation sites excluding steroid dienone is 3. The highest BCUT2D eigenvalue weighted by molar-refractivity contribution is 5.85. The Morgan fingerprint density at radius 3 is 2.67 bits per heavy atom. The minimum atomic E-state index is -0.595. The Morgan fingerprint density at radius 1 is 1.25 bits per heavy atom. The number of carbonyl (C=O) groups is 3. The Balaban J connectivity index is 1.19. The summed E-state index contributed by atoms with van der Waals surface area (Å²) in [6.07, 6.45) is 10.4. The Bertz CT molecular complexity index is 1070. The molecule has 1 N–H and O–H groups in total. The number of carbonyl (C=O) groups excluding carboxylic acids is 3. The third-order valence-electron chi connectivity index (χ3n) is 8.72. The molecule has 36 heavy (non-hydrogen) atoms. The first-order valence-electron chi connectivity index (χ1n) is 12.4. The van der Waals surface area contributed by atoms with Gasteiger partial charge in [0.25, 0.3) is 0 Å². The summed E-state index contributed by atoms with van der Waals surface area (Å²) in [5, 5.41) is 10.6. The fourth-order valence-corrected chi connectivity index (χ4v) is 6.50. The summed E-state index contributed by atoms with van der Waals surface area (Å²) in [6, 6.07) is 0. The second-order valence-corrected chi connectivity index (χ2v) is 10.5. The Morgan fingerprint density at radius 2 is 2.00 bits per heavy atom. The Hall–Kier alpha value is -2.75. The quantitative estimate of drug-likeness (QED) is 0.133. The fourth-order valence-electron chi connectivity index (χ4n) is 6.50. The van der Waals surface area contributed by atoms with Crippen LogP contribution in [0.5, 0.6) is 0 Å². The third-order valence-corrected chi connectivity index (χ3v) is 8.72. The largest absolute Gasteiger partial charge is 0.462 e. The number of aliphatic hydroxyl groups is 1. The van der Waals surface area contributed by atoms with E-state index < -0.39 is 34.5 Å². The Labute approximate surface area is 209 Å². The van der Waals surface area contributed by atoms with Gasteiger partial charge in [0.15, 0.2) is 0 Å². The normalized spacial score (nSPS) is 38.6. The molecule has 9 nitrogen and oxygen atoms in total. The van der Waals surface area contributed by atoms with Crippen molar-refractivity contribution in [2.45, 2.75) is 63.4 Å². The average molecular weight is 501 g/mol. The van der Waals surface area contributed by atoms with E-state index in [-0.39, 0.29) is 38.0 Å². The molecule has 2 bridgehead atoms. The summed E-state index contributed by atoms with van der Waals surface area (Å²) in [6.45, 7) is 4.96. The van der Waals surface area contributed by atoms with E-state index >= 15 is 0 Å². The van der Waals surface area contributed by atoms with Gasteiger partial charge in [-0.2, -0.15) is 0 Å². The number of cyclic esters (lactones) is 1. The number of aliphatic hydroxyl groups excluding tert-OH is 1. The van der Waals surface area contributed by atoms with Gasteiger partial charge in [-0.1, -0.05) is 30.7 Å². The first-order valence-corrected chi connectivity index (χ1v) is 12.4. The van der Waals surface area contributed by atoms with Gasteiger partial charge >= 0.3 is 17.9 Å². The van der Waals surface area contributed by atoms with E-state index in [1.54, 1.807) is 0 Å². The lowest BCUT2D eigenvalue weighted by atomic mass is 9.51. The van der Waals surface area contributed by atoms with Crippen molar-refractivity contribution in [1.29, 1.82) is 0 Å². The molecule has 3 aliphatic heterocycles. The first kappa shape index (κ1) is 24.9. The molecule has 2 aliphatic carbocycles. The summed E-state index contributed by atoms with van der Waals surface area (Å²) < 4.78 is 28.2. The van der Waals surface area contributed by atoms with Crippen LogP contribution in [0, 0.1) is 10.8 Å². The van der Waals surface area contributed by atoms with E-state index in [2.05, 4.69) is 19.9 Å². The maximum atomic E-state index is 12.7. The summed E-state index contributed by atoms with van der Waals surface area (Å²) >= 11 is 0. The van der Waals surface area contributed by atoms with E-state index in [9.17, 15) is 19.5 Å². The van der Waals surface area contributed by atoms with Gasteiger partial charge in [-0.15, -0.1) is 0 Å². The van der Waals surface area contributed by atoms with E-state index in [0.29, 0.717) is 19.4 Å². The summed E-state index contributed by atoms with van der Waals surface area (Å²) in [5.41, 5.74) is 0.288. The zero-order valence-electron chi connectivity index (χ0n) is 20.6. The molecule has 0 amide bonds. The SMILES string of the molecule is CC1=CC2OC3CC(OC(=O)C=CC=CC(=O)OCCC4=CC(=O)OC4)C(C)(C2(CO)CC1)C31CO1. The molecule has 3 fully saturated rings. The second-order valence-electron chi connectivity index (χ2n) is 10.5. The van der Waals surface area contributed by atoms with Crippen LogP contribution in [0.3, 0.4) is 0 Å². The second kappa shape index (κ2) is 9.28. The molecule has 9 heteroatoms. The first-order chi connectivity index (χ1) is 17.2. The van der Waals surface area contributed by atoms with E-state index in [1.807, 2.05) is 0 Å². The van der Waals surface area contributed by atoms with Crippen LogP contribution >= 0.6 is 0 Å². The van der Waals surface area contributed by atoms with Crippen molar-refractivity contribution in [1.82, 2.24) is 0 Å². The van der Waals surface area contributed by atoms with E-state index in [4.69, 9.17) is 23.7 Å². The minimum Gasteiger partial charge on any atom is -0.462 e. The summed E-state index contributed by atoms with van der Waals surface area (Å²) in [7, 11) is 0. The molecular weight excluding hydrogens is 468 g/mol. The lowest BCUT2D eigenvalue weighted by molar-refractivity contribution is -0.228. The number of hydrogen-bond donors (Lipinski definition) is 1. The number of esters is 3. The van der Waals surface area contributed by atoms with Crippen LogP contribution in [0.25, 0.3) is 0 Å². The maximum Gasteiger partial charge on any atom is 0.331 e. The van der Waals surface area contributed by atoms with Gasteiger partial charge in [0.2, 0.25) is 0 Å². The van der Waals surface area contributed by atoms with Crippen molar-refractivity contribution in [3.8, 4) is 0 Å². The van der Waals surface area contributed by atoms with Crippen molar-refractivity contribution >= 4 is 17.9 Å². The maximum absolute atomic E-state index is 12.7. The Kier molecular flexibility index (Phi) is 6.43. The van der Waals surface area contributed by atoms with E-state index in [1.165, 1.54) is 36.0 Å². The number of epoxide rings is 1. The van der Waals surface area contributed by atoms with Gasteiger partial charge in [0.05, 0.1) is 32.0 Å². The summed E-state index contributed by atoms with van der Waals surface area (Å²) in [4.78, 5) is 35.6. The predicted molar refractivity (Wildman–Crippen MR) is 125 cm³/mol. The molecule has 0 aromatic carbocycles. The van der Waals surface area contributed by atoms with Crippen molar-refractivity contribution in [2.75, 3.05) is 26.4 Å². The third kappa shape index (κ3) is 3.93. The molecule has 2 saturated heterocycles. The smallest absolute Gasteiger partial charge is 0.331 e. The van der Waals surface area contributed by atoms with Gasteiger partial charge in [0.1, 0.15) is 18.3 Å². The highest BCUT2D eigenvalue weighted by atomic mass is 16.6. The highest BCUT2D eigenvalue weighted by Crippen LogP contribution is 2.71. The van der Waals surface area contributed by atoms with Crippen LogP contribution < -0.4 is 0 Å². The summed E-state index contributed by atoms with van der Waals surface area (Å²) in [5.74, 6) is -1.47. The van der Waals surface area contributed by atoms with Crippen LogP contribution in [-0.4, -0.2) is 73.4 Å². The van der Waals surface area contributed by atoms with E-state index in [0.717, 1.165) is 18.4 Å².